The molecule has 0 saturated carbocycles. The molecule has 0 aromatic rings. The highest BCUT2D eigenvalue weighted by Crippen LogP contribution is 2.36. The Bertz CT molecular complexity index is 242. The van der Waals surface area contributed by atoms with Gasteiger partial charge in [-0.2, -0.15) is 0 Å². The van der Waals surface area contributed by atoms with Crippen LogP contribution < -0.4 is 0 Å². The Hall–Kier alpha value is -0.570. The fourth-order valence-corrected chi connectivity index (χ4v) is 2.68. The monoisotopic (exact) mass is 211 g/mol. The van der Waals surface area contributed by atoms with Crippen molar-refractivity contribution in [1.29, 1.82) is 0 Å². The van der Waals surface area contributed by atoms with Crippen molar-refractivity contribution in [2.75, 3.05) is 19.6 Å². The van der Waals surface area contributed by atoms with Gasteiger partial charge in [-0.25, -0.2) is 0 Å². The van der Waals surface area contributed by atoms with Crippen LogP contribution in [-0.2, 0) is 9.53 Å². The number of ether oxygens (including phenoxy) is 1. The maximum atomic E-state index is 11.1. The Balaban J connectivity index is 1.84. The Morgan fingerprint density at radius 2 is 2.00 bits per heavy atom. The molecule has 0 atom stereocenters. The zero-order chi connectivity index (χ0) is 10.9. The third-order valence-corrected chi connectivity index (χ3v) is 3.51. The lowest BCUT2D eigenvalue weighted by Gasteiger charge is -2.38. The van der Waals surface area contributed by atoms with Gasteiger partial charge in [-0.15, -0.1) is 0 Å². The van der Waals surface area contributed by atoms with Gasteiger partial charge >= 0.3 is 5.97 Å². The van der Waals surface area contributed by atoms with E-state index in [1.54, 1.807) is 0 Å². The van der Waals surface area contributed by atoms with Crippen molar-refractivity contribution in [1.82, 2.24) is 4.90 Å². The van der Waals surface area contributed by atoms with E-state index in [2.05, 4.69) is 18.7 Å². The summed E-state index contributed by atoms with van der Waals surface area (Å²) in [6, 6.07) is 0. The van der Waals surface area contributed by atoms with E-state index < -0.39 is 0 Å². The molecule has 2 aliphatic heterocycles. The van der Waals surface area contributed by atoms with Crippen LogP contribution in [0.3, 0.4) is 0 Å². The molecule has 0 amide bonds. The van der Waals surface area contributed by atoms with Gasteiger partial charge in [0.1, 0.15) is 5.60 Å². The van der Waals surface area contributed by atoms with E-state index in [9.17, 15) is 4.79 Å². The van der Waals surface area contributed by atoms with Crippen LogP contribution in [0.2, 0.25) is 0 Å². The topological polar surface area (TPSA) is 29.5 Å². The predicted octanol–water partition coefficient (Wildman–Crippen LogP) is 1.81. The standard InChI is InChI=1S/C12H21NO2/c1-10(2)9-13-7-5-12(6-8-13)4-3-11(14)15-12/h10H,3-9H2,1-2H3. The minimum atomic E-state index is -0.0788. The molecule has 15 heavy (non-hydrogen) atoms. The molecule has 2 aliphatic rings. The number of likely N-dealkylation sites (tertiary alicyclic amines) is 1. The van der Waals surface area contributed by atoms with Crippen molar-refractivity contribution in [2.45, 2.75) is 45.1 Å². The lowest BCUT2D eigenvalue weighted by Crippen LogP contribution is -2.45. The van der Waals surface area contributed by atoms with Gasteiger partial charge in [0, 0.05) is 26.1 Å². The van der Waals surface area contributed by atoms with E-state index in [4.69, 9.17) is 4.74 Å². The highest BCUT2D eigenvalue weighted by molar-refractivity contribution is 5.72. The Morgan fingerprint density at radius 3 is 2.47 bits per heavy atom. The first-order chi connectivity index (χ1) is 7.10. The van der Waals surface area contributed by atoms with E-state index in [-0.39, 0.29) is 11.6 Å². The first-order valence-electron chi connectivity index (χ1n) is 6.04. The molecule has 0 radical (unpaired) electrons. The van der Waals surface area contributed by atoms with Crippen LogP contribution in [0.25, 0.3) is 0 Å². The smallest absolute Gasteiger partial charge is 0.306 e. The van der Waals surface area contributed by atoms with Gasteiger partial charge < -0.3 is 9.64 Å². The molecule has 0 aromatic heterocycles. The highest BCUT2D eigenvalue weighted by atomic mass is 16.6. The van der Waals surface area contributed by atoms with Gasteiger partial charge in [0.25, 0.3) is 0 Å². The second kappa shape index (κ2) is 4.12. The van der Waals surface area contributed by atoms with Gasteiger partial charge in [0.15, 0.2) is 0 Å². The number of hydrogen-bond donors (Lipinski definition) is 0. The predicted molar refractivity (Wildman–Crippen MR) is 58.6 cm³/mol. The van der Waals surface area contributed by atoms with Crippen molar-refractivity contribution in [2.24, 2.45) is 5.92 Å². The highest BCUT2D eigenvalue weighted by Gasteiger charge is 2.42. The minimum Gasteiger partial charge on any atom is -0.459 e. The molecule has 0 aromatic carbocycles. The molecule has 1 spiro atoms. The summed E-state index contributed by atoms with van der Waals surface area (Å²) in [4.78, 5) is 13.6. The van der Waals surface area contributed by atoms with Crippen LogP contribution in [0.5, 0.6) is 0 Å². The average Bonchev–Trinajstić information content (AvgIpc) is 2.52. The van der Waals surface area contributed by atoms with Crippen molar-refractivity contribution in [3.05, 3.63) is 0 Å². The van der Waals surface area contributed by atoms with Crippen LogP contribution in [0.4, 0.5) is 0 Å². The molecule has 3 heteroatoms. The molecule has 86 valence electrons. The van der Waals surface area contributed by atoms with Crippen LogP contribution >= 0.6 is 0 Å². The van der Waals surface area contributed by atoms with E-state index >= 15 is 0 Å². The number of rotatable bonds is 2. The maximum absolute atomic E-state index is 11.1. The number of carbonyl (C=O) groups is 1. The normalized spacial score (nSPS) is 26.2. The number of hydrogen-bond acceptors (Lipinski definition) is 3. The molecule has 2 rings (SSSR count). The third kappa shape index (κ3) is 2.51. The van der Waals surface area contributed by atoms with E-state index in [1.165, 1.54) is 6.54 Å². The second-order valence-electron chi connectivity index (χ2n) is 5.35. The summed E-state index contributed by atoms with van der Waals surface area (Å²) in [6.45, 7) is 7.85. The Morgan fingerprint density at radius 1 is 1.33 bits per heavy atom. The molecule has 0 unspecified atom stereocenters. The lowest BCUT2D eigenvalue weighted by molar-refractivity contribution is -0.152. The summed E-state index contributed by atoms with van der Waals surface area (Å²) in [6.07, 6.45) is 3.64. The van der Waals surface area contributed by atoms with Crippen LogP contribution in [0.1, 0.15) is 39.5 Å². The van der Waals surface area contributed by atoms with Crippen molar-refractivity contribution in [3.63, 3.8) is 0 Å². The summed E-state index contributed by atoms with van der Waals surface area (Å²) in [5.74, 6) is 0.734. The third-order valence-electron chi connectivity index (χ3n) is 3.51. The number of carbonyl (C=O) groups excluding carboxylic acids is 1. The maximum Gasteiger partial charge on any atom is 0.306 e. The number of piperidine rings is 1. The van der Waals surface area contributed by atoms with Gasteiger partial charge in [-0.3, -0.25) is 4.79 Å². The Kier molecular flexibility index (Phi) is 3.01. The van der Waals surface area contributed by atoms with E-state index in [0.717, 1.165) is 38.3 Å². The van der Waals surface area contributed by atoms with Crippen LogP contribution in [0.15, 0.2) is 0 Å². The summed E-state index contributed by atoms with van der Waals surface area (Å²) in [5.41, 5.74) is -0.0788. The first kappa shape index (κ1) is 10.9. The quantitative estimate of drug-likeness (QED) is 0.652. The van der Waals surface area contributed by atoms with Gasteiger partial charge in [0.2, 0.25) is 0 Å². The van der Waals surface area contributed by atoms with Crippen LogP contribution in [0, 0.1) is 5.92 Å². The summed E-state index contributed by atoms with van der Waals surface area (Å²) in [7, 11) is 0. The molecular formula is C12H21NO2. The zero-order valence-electron chi connectivity index (χ0n) is 9.79. The van der Waals surface area contributed by atoms with Crippen molar-refractivity contribution in [3.8, 4) is 0 Å². The lowest BCUT2D eigenvalue weighted by atomic mass is 9.88. The molecule has 0 N–H and O–H groups in total. The molecule has 2 heterocycles. The first-order valence-corrected chi connectivity index (χ1v) is 6.04. The summed E-state index contributed by atoms with van der Waals surface area (Å²) in [5, 5.41) is 0. The van der Waals surface area contributed by atoms with Gasteiger partial charge in [-0.1, -0.05) is 13.8 Å². The van der Waals surface area contributed by atoms with Gasteiger partial charge in [-0.05, 0) is 25.2 Å². The summed E-state index contributed by atoms with van der Waals surface area (Å²) >= 11 is 0. The number of nitrogens with zero attached hydrogens (tertiary/aromatic N) is 1. The molecule has 2 fully saturated rings. The molecule has 0 aliphatic carbocycles. The van der Waals surface area contributed by atoms with Crippen molar-refractivity contribution >= 4 is 5.97 Å². The van der Waals surface area contributed by atoms with Crippen molar-refractivity contribution < 1.29 is 9.53 Å². The SMILES string of the molecule is CC(C)CN1CCC2(CCC(=O)O2)CC1. The van der Waals surface area contributed by atoms with Crippen LogP contribution in [-0.4, -0.2) is 36.1 Å². The largest absolute Gasteiger partial charge is 0.459 e. The summed E-state index contributed by atoms with van der Waals surface area (Å²) < 4.78 is 5.48. The van der Waals surface area contributed by atoms with E-state index in [1.807, 2.05) is 0 Å². The Labute approximate surface area is 91.8 Å². The fourth-order valence-electron chi connectivity index (χ4n) is 2.68. The molecular weight excluding hydrogens is 190 g/mol. The number of esters is 1. The minimum absolute atomic E-state index is 0.00677. The second-order valence-corrected chi connectivity index (χ2v) is 5.35. The van der Waals surface area contributed by atoms with Gasteiger partial charge in [0.05, 0.1) is 0 Å². The molecule has 2 saturated heterocycles. The fraction of sp³-hybridized carbons (Fsp3) is 0.917. The molecule has 0 bridgehead atoms. The molecule has 3 nitrogen and oxygen atoms in total. The average molecular weight is 211 g/mol. The van der Waals surface area contributed by atoms with E-state index in [0.29, 0.717) is 6.42 Å². The zero-order valence-corrected chi connectivity index (χ0v) is 9.79.